The SMILES string of the molecule is COc1ccc(C(CC(=O)O)NC(=O)C(CC(=O)N(Cc2ccccc2)OC)CC(C)C)cc1. The van der Waals surface area contributed by atoms with Gasteiger partial charge in [0.05, 0.1) is 33.2 Å². The van der Waals surface area contributed by atoms with Crippen LogP contribution >= 0.6 is 0 Å². The van der Waals surface area contributed by atoms with Gasteiger partial charge in [0, 0.05) is 12.3 Å². The molecule has 0 heterocycles. The van der Waals surface area contributed by atoms with Gasteiger partial charge in [-0.3, -0.25) is 19.2 Å². The molecule has 0 radical (unpaired) electrons. The summed E-state index contributed by atoms with van der Waals surface area (Å²) >= 11 is 0. The number of hydrogen-bond donors (Lipinski definition) is 2. The summed E-state index contributed by atoms with van der Waals surface area (Å²) in [6.45, 7) is 4.21. The van der Waals surface area contributed by atoms with E-state index in [1.165, 1.54) is 12.2 Å². The molecule has 0 aliphatic carbocycles. The van der Waals surface area contributed by atoms with Crippen molar-refractivity contribution in [2.75, 3.05) is 14.2 Å². The van der Waals surface area contributed by atoms with Crippen molar-refractivity contribution in [1.82, 2.24) is 10.4 Å². The minimum atomic E-state index is -1.04. The normalized spacial score (nSPS) is 12.6. The smallest absolute Gasteiger partial charge is 0.305 e. The number of nitrogens with one attached hydrogen (secondary N) is 1. The summed E-state index contributed by atoms with van der Waals surface area (Å²) in [7, 11) is 2.96. The number of hydroxylamine groups is 2. The van der Waals surface area contributed by atoms with Crippen LogP contribution < -0.4 is 10.1 Å². The summed E-state index contributed by atoms with van der Waals surface area (Å²) in [5.74, 6) is -1.55. The van der Waals surface area contributed by atoms with Gasteiger partial charge in [0.2, 0.25) is 11.8 Å². The van der Waals surface area contributed by atoms with Crippen molar-refractivity contribution in [1.29, 1.82) is 0 Å². The summed E-state index contributed by atoms with van der Waals surface area (Å²) in [6.07, 6.45) is 0.147. The monoisotopic (exact) mass is 470 g/mol. The maximum Gasteiger partial charge on any atom is 0.305 e. The molecule has 34 heavy (non-hydrogen) atoms. The molecule has 2 unspecified atom stereocenters. The zero-order valence-electron chi connectivity index (χ0n) is 20.2. The number of carbonyl (C=O) groups excluding carboxylic acids is 2. The van der Waals surface area contributed by atoms with Crippen molar-refractivity contribution in [3.05, 3.63) is 65.7 Å². The Kier molecular flexibility index (Phi) is 10.5. The Bertz CT molecular complexity index is 930. The number of rotatable bonds is 13. The molecule has 2 aromatic carbocycles. The molecule has 0 aliphatic rings. The summed E-state index contributed by atoms with van der Waals surface area (Å²) in [6, 6.07) is 15.6. The number of amides is 2. The molecule has 0 bridgehead atoms. The summed E-state index contributed by atoms with van der Waals surface area (Å²) < 4.78 is 5.15. The van der Waals surface area contributed by atoms with E-state index in [4.69, 9.17) is 9.57 Å². The Morgan fingerprint density at radius 1 is 0.971 bits per heavy atom. The number of aliphatic carboxylic acids is 1. The number of carbonyl (C=O) groups is 3. The van der Waals surface area contributed by atoms with Crippen LogP contribution in [0.3, 0.4) is 0 Å². The average molecular weight is 471 g/mol. The van der Waals surface area contributed by atoms with E-state index in [1.54, 1.807) is 31.4 Å². The van der Waals surface area contributed by atoms with E-state index in [1.807, 2.05) is 44.2 Å². The molecule has 8 heteroatoms. The topological polar surface area (TPSA) is 105 Å². The quantitative estimate of drug-likeness (QED) is 0.429. The zero-order chi connectivity index (χ0) is 25.1. The highest BCUT2D eigenvalue weighted by molar-refractivity contribution is 5.86. The van der Waals surface area contributed by atoms with E-state index in [0.29, 0.717) is 17.7 Å². The van der Waals surface area contributed by atoms with Crippen LogP contribution in [-0.4, -0.2) is 42.2 Å². The van der Waals surface area contributed by atoms with Crippen LogP contribution in [0.4, 0.5) is 0 Å². The summed E-state index contributed by atoms with van der Waals surface area (Å²) in [4.78, 5) is 43.0. The zero-order valence-corrected chi connectivity index (χ0v) is 20.2. The Labute approximate surface area is 200 Å². The highest BCUT2D eigenvalue weighted by Gasteiger charge is 2.28. The molecule has 2 amide bonds. The molecule has 2 N–H and O–H groups in total. The van der Waals surface area contributed by atoms with Crippen LogP contribution in [0.1, 0.15) is 50.3 Å². The van der Waals surface area contributed by atoms with Crippen LogP contribution in [-0.2, 0) is 25.8 Å². The van der Waals surface area contributed by atoms with Crippen LogP contribution in [0.5, 0.6) is 5.75 Å². The first kappa shape index (κ1) is 26.9. The van der Waals surface area contributed by atoms with Gasteiger partial charge in [0.25, 0.3) is 0 Å². The fourth-order valence-electron chi connectivity index (χ4n) is 3.72. The standard InChI is InChI=1S/C26H34N2O6/c1-18(2)14-21(15-24(29)28(34-4)17-19-8-6-5-7-9-19)26(32)27-23(16-25(30)31)20-10-12-22(33-3)13-11-20/h5-13,18,21,23H,14-17H2,1-4H3,(H,27,32)(H,30,31). The number of ether oxygens (including phenoxy) is 1. The highest BCUT2D eigenvalue weighted by atomic mass is 16.7. The summed E-state index contributed by atoms with van der Waals surface area (Å²) in [5.41, 5.74) is 1.55. The van der Waals surface area contributed by atoms with Crippen molar-refractivity contribution in [2.45, 2.75) is 45.7 Å². The van der Waals surface area contributed by atoms with Crippen molar-refractivity contribution in [2.24, 2.45) is 11.8 Å². The molecular formula is C26H34N2O6. The first-order chi connectivity index (χ1) is 16.2. The van der Waals surface area contributed by atoms with Crippen molar-refractivity contribution >= 4 is 17.8 Å². The fraction of sp³-hybridized carbons (Fsp3) is 0.423. The number of carboxylic acids is 1. The predicted molar refractivity (Wildman–Crippen MR) is 128 cm³/mol. The molecule has 0 spiro atoms. The Hall–Kier alpha value is -3.39. The molecule has 0 saturated carbocycles. The molecule has 2 rings (SSSR count). The second kappa shape index (κ2) is 13.3. The number of nitrogens with zero attached hydrogens (tertiary/aromatic N) is 1. The van der Waals surface area contributed by atoms with Crippen molar-refractivity contribution in [3.63, 3.8) is 0 Å². The van der Waals surface area contributed by atoms with Gasteiger partial charge in [-0.1, -0.05) is 56.3 Å². The average Bonchev–Trinajstić information content (AvgIpc) is 2.81. The maximum atomic E-state index is 13.2. The molecule has 8 nitrogen and oxygen atoms in total. The lowest BCUT2D eigenvalue weighted by Gasteiger charge is -2.26. The second-order valence-electron chi connectivity index (χ2n) is 8.56. The Balaban J connectivity index is 2.16. The third-order valence-electron chi connectivity index (χ3n) is 5.43. The second-order valence-corrected chi connectivity index (χ2v) is 8.56. The molecule has 0 aromatic heterocycles. The van der Waals surface area contributed by atoms with Crippen LogP contribution in [0.25, 0.3) is 0 Å². The van der Waals surface area contributed by atoms with Gasteiger partial charge < -0.3 is 15.2 Å². The van der Waals surface area contributed by atoms with Gasteiger partial charge >= 0.3 is 5.97 Å². The van der Waals surface area contributed by atoms with E-state index in [0.717, 1.165) is 5.56 Å². The van der Waals surface area contributed by atoms with E-state index >= 15 is 0 Å². The molecule has 2 aromatic rings. The van der Waals surface area contributed by atoms with Gasteiger partial charge in [-0.15, -0.1) is 0 Å². The third-order valence-corrected chi connectivity index (χ3v) is 5.43. The number of benzene rings is 2. The number of carboxylic acid groups (broad SMARTS) is 1. The number of methoxy groups -OCH3 is 1. The van der Waals surface area contributed by atoms with Gasteiger partial charge in [0.1, 0.15) is 5.75 Å². The molecule has 2 atom stereocenters. The van der Waals surface area contributed by atoms with Gasteiger partial charge in [-0.25, -0.2) is 5.06 Å². The molecule has 0 saturated heterocycles. The largest absolute Gasteiger partial charge is 0.497 e. The lowest BCUT2D eigenvalue weighted by Crippen LogP contribution is -2.39. The van der Waals surface area contributed by atoms with Gasteiger partial charge in [-0.2, -0.15) is 0 Å². The van der Waals surface area contributed by atoms with Crippen LogP contribution in [0.15, 0.2) is 54.6 Å². The molecule has 184 valence electrons. The predicted octanol–water partition coefficient (Wildman–Crippen LogP) is 3.97. The fourth-order valence-corrected chi connectivity index (χ4v) is 3.72. The van der Waals surface area contributed by atoms with E-state index < -0.39 is 17.9 Å². The van der Waals surface area contributed by atoms with Crippen LogP contribution in [0.2, 0.25) is 0 Å². The third kappa shape index (κ3) is 8.51. The van der Waals surface area contributed by atoms with E-state index in [-0.39, 0.29) is 37.1 Å². The van der Waals surface area contributed by atoms with E-state index in [9.17, 15) is 19.5 Å². The Morgan fingerprint density at radius 3 is 2.15 bits per heavy atom. The van der Waals surface area contributed by atoms with Crippen molar-refractivity contribution in [3.8, 4) is 5.75 Å². The lowest BCUT2D eigenvalue weighted by atomic mass is 9.92. The molecule has 0 fully saturated rings. The minimum absolute atomic E-state index is 0.0485. The van der Waals surface area contributed by atoms with Gasteiger partial charge in [0.15, 0.2) is 0 Å². The van der Waals surface area contributed by atoms with Gasteiger partial charge in [-0.05, 0) is 35.6 Å². The van der Waals surface area contributed by atoms with Crippen LogP contribution in [0, 0.1) is 11.8 Å². The van der Waals surface area contributed by atoms with Crippen molar-refractivity contribution < 1.29 is 29.1 Å². The summed E-state index contributed by atoms with van der Waals surface area (Å²) in [5, 5.41) is 13.5. The molecular weight excluding hydrogens is 436 g/mol. The van der Waals surface area contributed by atoms with E-state index in [2.05, 4.69) is 5.32 Å². The first-order valence-corrected chi connectivity index (χ1v) is 11.3. The highest BCUT2D eigenvalue weighted by Crippen LogP contribution is 2.24. The molecule has 0 aliphatic heterocycles. The maximum absolute atomic E-state index is 13.2. The lowest BCUT2D eigenvalue weighted by molar-refractivity contribution is -0.181. The minimum Gasteiger partial charge on any atom is -0.497 e. The number of hydrogen-bond acceptors (Lipinski definition) is 5. The Morgan fingerprint density at radius 2 is 1.62 bits per heavy atom. The first-order valence-electron chi connectivity index (χ1n) is 11.3.